The maximum absolute atomic E-state index is 12.5. The average molecular weight is 403 g/mol. The van der Waals surface area contributed by atoms with E-state index >= 15 is 0 Å². The van der Waals surface area contributed by atoms with Crippen LogP contribution in [-0.2, 0) is 14.0 Å². The van der Waals surface area contributed by atoms with Gasteiger partial charge in [0.05, 0.1) is 11.2 Å². The van der Waals surface area contributed by atoms with E-state index in [-0.39, 0.29) is 30.3 Å². The highest BCUT2D eigenvalue weighted by Crippen LogP contribution is 2.36. The van der Waals surface area contributed by atoms with Gasteiger partial charge in [0.1, 0.15) is 5.60 Å². The van der Waals surface area contributed by atoms with E-state index in [1.807, 2.05) is 27.7 Å². The minimum absolute atomic E-state index is 0.245. The van der Waals surface area contributed by atoms with Gasteiger partial charge in [0, 0.05) is 19.0 Å². The van der Waals surface area contributed by atoms with Gasteiger partial charge in [0.25, 0.3) is 0 Å². The number of amides is 1. The van der Waals surface area contributed by atoms with Crippen LogP contribution in [0.25, 0.3) is 0 Å². The number of carbonyl (C=O) groups excluding carboxylic acids is 1. The van der Waals surface area contributed by atoms with Gasteiger partial charge in [-0.1, -0.05) is 31.2 Å². The summed E-state index contributed by atoms with van der Waals surface area (Å²) in [5.74, 6) is 0.245. The zero-order valence-electron chi connectivity index (χ0n) is 19.7. The SMILES string of the molecule is CCC(CN(CC)C(=O)OC(C)(C)C)c1ccc(B2OC(C)(C)C(C)(C)O2)cc1. The van der Waals surface area contributed by atoms with Gasteiger partial charge < -0.3 is 18.9 Å². The van der Waals surface area contributed by atoms with Crippen LogP contribution in [0.15, 0.2) is 24.3 Å². The van der Waals surface area contributed by atoms with Gasteiger partial charge in [-0.25, -0.2) is 4.79 Å². The van der Waals surface area contributed by atoms with Gasteiger partial charge in [-0.2, -0.15) is 0 Å². The lowest BCUT2D eigenvalue weighted by molar-refractivity contribution is 0.00578. The molecule has 5 nitrogen and oxygen atoms in total. The Morgan fingerprint density at radius 1 is 1.07 bits per heavy atom. The van der Waals surface area contributed by atoms with Crippen LogP contribution in [0.4, 0.5) is 4.79 Å². The molecule has 1 heterocycles. The molecular formula is C23H38BNO4. The molecule has 6 heteroatoms. The van der Waals surface area contributed by atoms with E-state index in [1.54, 1.807) is 4.90 Å². The lowest BCUT2D eigenvalue weighted by atomic mass is 9.78. The Kier molecular flexibility index (Phi) is 7.11. The number of rotatable bonds is 6. The second-order valence-electron chi connectivity index (χ2n) is 9.88. The van der Waals surface area contributed by atoms with Crippen molar-refractivity contribution in [3.8, 4) is 0 Å². The Bertz CT molecular complexity index is 678. The summed E-state index contributed by atoms with van der Waals surface area (Å²) in [6.07, 6.45) is 0.682. The second-order valence-corrected chi connectivity index (χ2v) is 9.88. The summed E-state index contributed by atoms with van der Waals surface area (Å²) in [6.45, 7) is 19.3. The largest absolute Gasteiger partial charge is 0.494 e. The molecule has 0 radical (unpaired) electrons. The summed E-state index contributed by atoms with van der Waals surface area (Å²) in [4.78, 5) is 14.3. The monoisotopic (exact) mass is 403 g/mol. The number of nitrogens with zero attached hydrogens (tertiary/aromatic N) is 1. The summed E-state index contributed by atoms with van der Waals surface area (Å²) in [5.41, 5.74) is 1.03. The van der Waals surface area contributed by atoms with Crippen molar-refractivity contribution in [2.45, 2.75) is 91.5 Å². The lowest BCUT2D eigenvalue weighted by Crippen LogP contribution is -2.41. The zero-order valence-corrected chi connectivity index (χ0v) is 19.7. The van der Waals surface area contributed by atoms with Crippen molar-refractivity contribution >= 4 is 18.7 Å². The topological polar surface area (TPSA) is 48.0 Å². The molecule has 2 rings (SSSR count). The fourth-order valence-corrected chi connectivity index (χ4v) is 3.30. The van der Waals surface area contributed by atoms with E-state index in [0.717, 1.165) is 11.9 Å². The summed E-state index contributed by atoms with van der Waals surface area (Å²) < 4.78 is 17.8. The minimum Gasteiger partial charge on any atom is -0.444 e. The molecule has 1 aromatic rings. The number of hydrogen-bond acceptors (Lipinski definition) is 4. The maximum Gasteiger partial charge on any atom is 0.494 e. The molecule has 0 bridgehead atoms. The molecule has 0 N–H and O–H groups in total. The van der Waals surface area contributed by atoms with E-state index in [4.69, 9.17) is 14.0 Å². The molecule has 1 unspecified atom stereocenters. The van der Waals surface area contributed by atoms with Crippen LogP contribution in [0.5, 0.6) is 0 Å². The minimum atomic E-state index is -0.489. The molecule has 0 spiro atoms. The molecule has 0 saturated carbocycles. The highest BCUT2D eigenvalue weighted by Gasteiger charge is 2.51. The molecule has 1 aromatic carbocycles. The van der Waals surface area contributed by atoms with Crippen molar-refractivity contribution in [2.24, 2.45) is 0 Å². The van der Waals surface area contributed by atoms with Gasteiger partial charge in [-0.15, -0.1) is 0 Å². The zero-order chi connectivity index (χ0) is 22.0. The maximum atomic E-state index is 12.5. The van der Waals surface area contributed by atoms with E-state index in [1.165, 1.54) is 5.56 Å². The Morgan fingerprint density at radius 2 is 1.59 bits per heavy atom. The predicted molar refractivity (Wildman–Crippen MR) is 119 cm³/mol. The van der Waals surface area contributed by atoms with Crippen molar-refractivity contribution in [1.82, 2.24) is 4.90 Å². The Morgan fingerprint density at radius 3 is 2.00 bits per heavy atom. The Labute approximate surface area is 177 Å². The third kappa shape index (κ3) is 5.76. The lowest BCUT2D eigenvalue weighted by Gasteiger charge is -2.32. The smallest absolute Gasteiger partial charge is 0.444 e. The van der Waals surface area contributed by atoms with Crippen molar-refractivity contribution in [2.75, 3.05) is 13.1 Å². The van der Waals surface area contributed by atoms with E-state index in [9.17, 15) is 4.79 Å². The summed E-state index contributed by atoms with van der Waals surface area (Å²) >= 11 is 0. The van der Waals surface area contributed by atoms with Gasteiger partial charge in [0.15, 0.2) is 0 Å². The van der Waals surface area contributed by atoms with Gasteiger partial charge in [0.2, 0.25) is 0 Å². The van der Waals surface area contributed by atoms with Crippen molar-refractivity contribution < 1.29 is 18.8 Å². The third-order valence-corrected chi connectivity index (χ3v) is 5.90. The molecule has 1 aliphatic heterocycles. The molecule has 1 atom stereocenters. The molecule has 1 fully saturated rings. The number of likely N-dealkylation sites (N-methyl/N-ethyl adjacent to an activating group) is 1. The third-order valence-electron chi connectivity index (χ3n) is 5.90. The van der Waals surface area contributed by atoms with Crippen LogP contribution in [0.2, 0.25) is 0 Å². The van der Waals surface area contributed by atoms with Crippen LogP contribution in [0, 0.1) is 0 Å². The molecule has 0 aliphatic carbocycles. The normalized spacial score (nSPS) is 19.1. The average Bonchev–Trinajstić information content (AvgIpc) is 2.82. The number of benzene rings is 1. The Hall–Kier alpha value is -1.53. The fourth-order valence-electron chi connectivity index (χ4n) is 3.30. The van der Waals surface area contributed by atoms with Crippen molar-refractivity contribution in [1.29, 1.82) is 0 Å². The first kappa shape index (κ1) is 23.8. The molecule has 1 amide bonds. The number of hydrogen-bond donors (Lipinski definition) is 0. The molecule has 1 aliphatic rings. The van der Waals surface area contributed by atoms with E-state index < -0.39 is 5.60 Å². The molecule has 1 saturated heterocycles. The van der Waals surface area contributed by atoms with E-state index in [2.05, 4.69) is 58.9 Å². The van der Waals surface area contributed by atoms with Gasteiger partial charge in [-0.3, -0.25) is 0 Å². The number of carbonyl (C=O) groups is 1. The predicted octanol–water partition coefficient (Wildman–Crippen LogP) is 4.74. The van der Waals surface area contributed by atoms with Crippen LogP contribution in [-0.4, -0.2) is 48.0 Å². The van der Waals surface area contributed by atoms with Crippen LogP contribution >= 0.6 is 0 Å². The molecule has 0 aromatic heterocycles. The summed E-state index contributed by atoms with van der Waals surface area (Å²) in [7, 11) is -0.358. The fraction of sp³-hybridized carbons (Fsp3) is 0.696. The summed E-state index contributed by atoms with van der Waals surface area (Å²) in [6, 6.07) is 8.39. The van der Waals surface area contributed by atoms with E-state index in [0.29, 0.717) is 13.1 Å². The molecular weight excluding hydrogens is 365 g/mol. The van der Waals surface area contributed by atoms with Gasteiger partial charge in [-0.05, 0) is 72.8 Å². The first-order valence-electron chi connectivity index (χ1n) is 10.7. The quantitative estimate of drug-likeness (QED) is 0.644. The standard InChI is InChI=1S/C23H38BNO4/c1-10-17(16-25(11-2)20(26)27-21(3,4)5)18-12-14-19(15-13-18)24-28-22(6,7)23(8,9)29-24/h12-15,17H,10-11,16H2,1-9H3. The van der Waals surface area contributed by atoms with Crippen LogP contribution in [0.3, 0.4) is 0 Å². The molecule has 29 heavy (non-hydrogen) atoms. The van der Waals surface area contributed by atoms with Crippen molar-refractivity contribution in [3.05, 3.63) is 29.8 Å². The highest BCUT2D eigenvalue weighted by molar-refractivity contribution is 6.62. The highest BCUT2D eigenvalue weighted by atomic mass is 16.7. The molecule has 162 valence electrons. The first-order chi connectivity index (χ1) is 13.3. The van der Waals surface area contributed by atoms with Crippen LogP contribution in [0.1, 0.15) is 80.2 Å². The van der Waals surface area contributed by atoms with Crippen LogP contribution < -0.4 is 5.46 Å². The first-order valence-corrected chi connectivity index (χ1v) is 10.7. The number of ether oxygens (including phenoxy) is 1. The second kappa shape index (κ2) is 8.69. The van der Waals surface area contributed by atoms with Gasteiger partial charge >= 0.3 is 13.2 Å². The van der Waals surface area contributed by atoms with Crippen molar-refractivity contribution in [3.63, 3.8) is 0 Å². The summed E-state index contributed by atoms with van der Waals surface area (Å²) in [5, 5.41) is 0. The Balaban J connectivity index is 2.10.